The van der Waals surface area contributed by atoms with Crippen molar-refractivity contribution in [2.75, 3.05) is 46.2 Å². The molecular formula is C21H30O9. The summed E-state index contributed by atoms with van der Waals surface area (Å²) in [5.74, 6) is 0.394. The molecule has 0 spiro atoms. The number of ether oxygens (including phenoxy) is 6. The van der Waals surface area contributed by atoms with E-state index in [1.807, 2.05) is 0 Å². The number of carbonyl (C=O) groups excluding carboxylic acids is 2. The van der Waals surface area contributed by atoms with Crippen molar-refractivity contribution in [1.82, 2.24) is 0 Å². The Bertz CT molecular complexity index is 660. The highest BCUT2D eigenvalue weighted by Gasteiger charge is 2.12. The number of esters is 2. The molecule has 1 aliphatic rings. The fourth-order valence-corrected chi connectivity index (χ4v) is 2.55. The van der Waals surface area contributed by atoms with Crippen LogP contribution in [0.1, 0.15) is 32.6 Å². The first-order valence-electron chi connectivity index (χ1n) is 10.2. The van der Waals surface area contributed by atoms with E-state index < -0.39 is 12.1 Å². The van der Waals surface area contributed by atoms with E-state index in [9.17, 15) is 9.59 Å². The van der Waals surface area contributed by atoms with Crippen LogP contribution in [-0.4, -0.2) is 69.4 Å². The summed E-state index contributed by atoms with van der Waals surface area (Å²) >= 11 is 0. The molecule has 0 saturated carbocycles. The molecule has 1 aliphatic heterocycles. The zero-order chi connectivity index (χ0) is 21.6. The fraction of sp³-hybridized carbons (Fsp3) is 0.619. The number of hydrogen-bond donors (Lipinski definition) is 1. The summed E-state index contributed by atoms with van der Waals surface area (Å²) in [4.78, 5) is 23.2. The van der Waals surface area contributed by atoms with Crippen LogP contribution < -0.4 is 14.2 Å². The van der Waals surface area contributed by atoms with Gasteiger partial charge in [-0.2, -0.15) is 0 Å². The van der Waals surface area contributed by atoms with Crippen LogP contribution in [0.2, 0.25) is 0 Å². The second-order valence-corrected chi connectivity index (χ2v) is 6.66. The van der Waals surface area contributed by atoms with Gasteiger partial charge in [-0.1, -0.05) is 0 Å². The van der Waals surface area contributed by atoms with E-state index in [0.29, 0.717) is 76.2 Å². The van der Waals surface area contributed by atoms with Crippen LogP contribution in [-0.2, 0) is 23.8 Å². The summed E-state index contributed by atoms with van der Waals surface area (Å²) in [6, 6.07) is 4.97. The minimum Gasteiger partial charge on any atom is -0.487 e. The molecule has 0 saturated heterocycles. The first-order valence-corrected chi connectivity index (χ1v) is 10.2. The molecule has 0 bridgehead atoms. The van der Waals surface area contributed by atoms with Gasteiger partial charge < -0.3 is 33.5 Å². The summed E-state index contributed by atoms with van der Waals surface area (Å²) in [6.07, 6.45) is 1.03. The predicted molar refractivity (Wildman–Crippen MR) is 106 cm³/mol. The average molecular weight is 426 g/mol. The van der Waals surface area contributed by atoms with Gasteiger partial charge in [-0.15, -0.1) is 0 Å². The molecule has 0 aromatic heterocycles. The average Bonchev–Trinajstić information content (AvgIpc) is 2.71. The number of carbonyl (C=O) groups is 2. The van der Waals surface area contributed by atoms with Gasteiger partial charge in [0.25, 0.3) is 0 Å². The minimum absolute atomic E-state index is 0.218. The van der Waals surface area contributed by atoms with Gasteiger partial charge in [0.2, 0.25) is 0 Å². The number of rotatable bonds is 8. The van der Waals surface area contributed by atoms with E-state index in [4.69, 9.17) is 33.5 Å². The standard InChI is InChI=1S/C21H30O9/c1-16(22)21(24)29-8-4-2-3-5-20(23)30-17-6-7-18-19(15-17)28-14-12-26-10-9-25-11-13-27-18/h6-7,15-16,22H,2-5,8-14H2,1H3. The molecule has 0 aliphatic carbocycles. The summed E-state index contributed by atoms with van der Waals surface area (Å²) in [5.41, 5.74) is 0. The molecule has 0 amide bonds. The third-order valence-electron chi connectivity index (χ3n) is 4.10. The second-order valence-electron chi connectivity index (χ2n) is 6.66. The van der Waals surface area contributed by atoms with Crippen molar-refractivity contribution in [3.05, 3.63) is 18.2 Å². The highest BCUT2D eigenvalue weighted by Crippen LogP contribution is 2.32. The SMILES string of the molecule is CC(O)C(=O)OCCCCCC(=O)Oc1ccc2c(c1)OCCOCCOCCO2. The molecule has 1 heterocycles. The Morgan fingerprint density at radius 3 is 2.33 bits per heavy atom. The monoisotopic (exact) mass is 426 g/mol. The molecule has 1 unspecified atom stereocenters. The first-order chi connectivity index (χ1) is 14.6. The molecule has 0 radical (unpaired) electrons. The molecule has 2 rings (SSSR count). The zero-order valence-corrected chi connectivity index (χ0v) is 17.3. The van der Waals surface area contributed by atoms with Gasteiger partial charge in [-0.3, -0.25) is 4.79 Å². The number of hydrogen-bond acceptors (Lipinski definition) is 9. The third-order valence-corrected chi connectivity index (χ3v) is 4.10. The highest BCUT2D eigenvalue weighted by atomic mass is 16.6. The van der Waals surface area contributed by atoms with Crippen molar-refractivity contribution in [1.29, 1.82) is 0 Å². The summed E-state index contributed by atoms with van der Waals surface area (Å²) in [5, 5.41) is 9.03. The number of aliphatic hydroxyl groups excluding tert-OH is 1. The number of unbranched alkanes of at least 4 members (excludes halogenated alkanes) is 2. The Labute approximate surface area is 176 Å². The Kier molecular flexibility index (Phi) is 11.0. The van der Waals surface area contributed by atoms with Crippen LogP contribution in [0, 0.1) is 0 Å². The van der Waals surface area contributed by atoms with E-state index >= 15 is 0 Å². The molecule has 9 nitrogen and oxygen atoms in total. The lowest BCUT2D eigenvalue weighted by molar-refractivity contribution is -0.152. The van der Waals surface area contributed by atoms with Gasteiger partial charge in [-0.25, -0.2) is 4.79 Å². The van der Waals surface area contributed by atoms with Gasteiger partial charge in [0.1, 0.15) is 25.1 Å². The third kappa shape index (κ3) is 9.43. The Balaban J connectivity index is 1.75. The smallest absolute Gasteiger partial charge is 0.334 e. The fourth-order valence-electron chi connectivity index (χ4n) is 2.55. The van der Waals surface area contributed by atoms with Gasteiger partial charge >= 0.3 is 11.9 Å². The molecular weight excluding hydrogens is 396 g/mol. The van der Waals surface area contributed by atoms with Crippen LogP contribution in [0.3, 0.4) is 0 Å². The summed E-state index contributed by atoms with van der Waals surface area (Å²) < 4.78 is 32.4. The van der Waals surface area contributed by atoms with Crippen molar-refractivity contribution >= 4 is 11.9 Å². The normalized spacial score (nSPS) is 15.9. The van der Waals surface area contributed by atoms with Gasteiger partial charge in [0, 0.05) is 12.5 Å². The molecule has 1 atom stereocenters. The lowest BCUT2D eigenvalue weighted by Gasteiger charge is -2.16. The van der Waals surface area contributed by atoms with E-state index in [1.54, 1.807) is 18.2 Å². The lowest BCUT2D eigenvalue weighted by atomic mass is 10.2. The van der Waals surface area contributed by atoms with Crippen molar-refractivity contribution in [3.63, 3.8) is 0 Å². The molecule has 0 fully saturated rings. The Morgan fingerprint density at radius 2 is 1.63 bits per heavy atom. The molecule has 30 heavy (non-hydrogen) atoms. The number of benzene rings is 1. The Morgan fingerprint density at radius 1 is 0.967 bits per heavy atom. The maximum absolute atomic E-state index is 12.1. The molecule has 1 N–H and O–H groups in total. The van der Waals surface area contributed by atoms with Crippen LogP contribution in [0.15, 0.2) is 18.2 Å². The van der Waals surface area contributed by atoms with E-state index in [0.717, 1.165) is 0 Å². The van der Waals surface area contributed by atoms with Crippen LogP contribution in [0.5, 0.6) is 17.2 Å². The van der Waals surface area contributed by atoms with Gasteiger partial charge in [0.15, 0.2) is 11.5 Å². The maximum atomic E-state index is 12.1. The number of aliphatic hydroxyl groups is 1. The predicted octanol–water partition coefficient (Wildman–Crippen LogP) is 1.88. The van der Waals surface area contributed by atoms with Gasteiger partial charge in [0.05, 0.1) is 33.0 Å². The zero-order valence-electron chi connectivity index (χ0n) is 17.3. The number of fused-ring (bicyclic) bond motifs is 1. The van der Waals surface area contributed by atoms with Crippen LogP contribution >= 0.6 is 0 Å². The Hall–Kier alpha value is -2.36. The van der Waals surface area contributed by atoms with E-state index in [1.165, 1.54) is 6.92 Å². The highest BCUT2D eigenvalue weighted by molar-refractivity contribution is 5.73. The maximum Gasteiger partial charge on any atom is 0.334 e. The van der Waals surface area contributed by atoms with Crippen molar-refractivity contribution < 1.29 is 43.1 Å². The van der Waals surface area contributed by atoms with E-state index in [-0.39, 0.29) is 19.0 Å². The minimum atomic E-state index is -1.12. The van der Waals surface area contributed by atoms with Crippen molar-refractivity contribution in [3.8, 4) is 17.2 Å². The molecule has 168 valence electrons. The lowest BCUT2D eigenvalue weighted by Crippen LogP contribution is -2.19. The molecule has 1 aromatic rings. The second kappa shape index (κ2) is 13.8. The van der Waals surface area contributed by atoms with Crippen molar-refractivity contribution in [2.24, 2.45) is 0 Å². The first kappa shape index (κ1) is 23.9. The van der Waals surface area contributed by atoms with Gasteiger partial charge in [-0.05, 0) is 38.3 Å². The van der Waals surface area contributed by atoms with Crippen LogP contribution in [0.25, 0.3) is 0 Å². The topological polar surface area (TPSA) is 110 Å². The summed E-state index contributed by atoms with van der Waals surface area (Å²) in [7, 11) is 0. The van der Waals surface area contributed by atoms with E-state index in [2.05, 4.69) is 0 Å². The molecule has 9 heteroatoms. The molecule has 1 aromatic carbocycles. The van der Waals surface area contributed by atoms with Crippen molar-refractivity contribution in [2.45, 2.75) is 38.7 Å². The quantitative estimate of drug-likeness (QED) is 0.378. The van der Waals surface area contributed by atoms with Crippen LogP contribution in [0.4, 0.5) is 0 Å². The largest absolute Gasteiger partial charge is 0.487 e. The summed E-state index contributed by atoms with van der Waals surface area (Å²) in [6.45, 7) is 4.16.